The lowest BCUT2D eigenvalue weighted by Crippen LogP contribution is -2.32. The van der Waals surface area contributed by atoms with Crippen LogP contribution in [0.3, 0.4) is 0 Å². The Bertz CT molecular complexity index is 144. The van der Waals surface area contributed by atoms with Gasteiger partial charge in [0.15, 0.2) is 0 Å². The molecule has 14 heavy (non-hydrogen) atoms. The van der Waals surface area contributed by atoms with Crippen LogP contribution in [0, 0.1) is 0 Å². The number of likely N-dealkylation sites (N-methyl/N-ethyl adjacent to an activating group) is 1. The van der Waals surface area contributed by atoms with E-state index in [1.54, 1.807) is 0 Å². The summed E-state index contributed by atoms with van der Waals surface area (Å²) in [5.74, 6) is 0. The van der Waals surface area contributed by atoms with Crippen LogP contribution in [0.2, 0.25) is 0 Å². The average molecular weight is 263 g/mol. The van der Waals surface area contributed by atoms with E-state index in [4.69, 9.17) is 0 Å². The maximum atomic E-state index is 3.58. The second-order valence-electron chi connectivity index (χ2n) is 4.42. The van der Waals surface area contributed by atoms with Gasteiger partial charge in [0.25, 0.3) is 0 Å². The van der Waals surface area contributed by atoms with E-state index < -0.39 is 0 Å². The van der Waals surface area contributed by atoms with Crippen molar-refractivity contribution < 1.29 is 0 Å². The van der Waals surface area contributed by atoms with Crippen molar-refractivity contribution in [2.75, 3.05) is 39.8 Å². The molecule has 1 aliphatic heterocycles. The van der Waals surface area contributed by atoms with Crippen LogP contribution in [0.4, 0.5) is 0 Å². The first-order chi connectivity index (χ1) is 6.68. The normalized spacial score (nSPS) is 20.6. The fourth-order valence-electron chi connectivity index (χ4n) is 1.83. The summed E-state index contributed by atoms with van der Waals surface area (Å²) in [5, 5.41) is 0. The van der Waals surface area contributed by atoms with Gasteiger partial charge in [0.05, 0.1) is 0 Å². The molecule has 2 nitrogen and oxygen atoms in total. The first-order valence-electron chi connectivity index (χ1n) is 5.73. The molecule has 0 aromatic rings. The molecule has 1 heterocycles. The molecule has 0 spiro atoms. The van der Waals surface area contributed by atoms with Gasteiger partial charge in [-0.25, -0.2) is 0 Å². The Hall–Kier alpha value is 0.400. The van der Waals surface area contributed by atoms with Gasteiger partial charge >= 0.3 is 0 Å². The Morgan fingerprint density at radius 2 is 1.93 bits per heavy atom. The molecule has 1 fully saturated rings. The SMILES string of the molecule is CC(Br)CCN(C)CCN1CCCC1. The van der Waals surface area contributed by atoms with Gasteiger partial charge in [-0.1, -0.05) is 22.9 Å². The topological polar surface area (TPSA) is 6.48 Å². The Labute approximate surface area is 96.8 Å². The van der Waals surface area contributed by atoms with Crippen LogP contribution in [0.15, 0.2) is 0 Å². The van der Waals surface area contributed by atoms with Gasteiger partial charge in [0.2, 0.25) is 0 Å². The van der Waals surface area contributed by atoms with Crippen LogP contribution in [-0.4, -0.2) is 54.4 Å². The first-order valence-corrected chi connectivity index (χ1v) is 6.65. The van der Waals surface area contributed by atoms with Gasteiger partial charge in [-0.2, -0.15) is 0 Å². The Morgan fingerprint density at radius 1 is 1.29 bits per heavy atom. The fraction of sp³-hybridized carbons (Fsp3) is 1.00. The molecule has 0 saturated carbocycles. The van der Waals surface area contributed by atoms with E-state index >= 15 is 0 Å². The standard InChI is InChI=1S/C11H23BrN2/c1-11(12)5-8-13(2)9-10-14-6-3-4-7-14/h11H,3-10H2,1-2H3. The van der Waals surface area contributed by atoms with E-state index in [9.17, 15) is 0 Å². The number of hydrogen-bond acceptors (Lipinski definition) is 2. The van der Waals surface area contributed by atoms with Crippen LogP contribution in [0.5, 0.6) is 0 Å². The summed E-state index contributed by atoms with van der Waals surface area (Å²) in [6.07, 6.45) is 4.06. The van der Waals surface area contributed by atoms with Gasteiger partial charge < -0.3 is 9.80 Å². The molecule has 1 atom stereocenters. The van der Waals surface area contributed by atoms with Gasteiger partial charge in [0, 0.05) is 17.9 Å². The lowest BCUT2D eigenvalue weighted by Gasteiger charge is -2.21. The predicted octanol–water partition coefficient (Wildman–Crippen LogP) is 2.19. The summed E-state index contributed by atoms with van der Waals surface area (Å²) < 4.78 is 0. The van der Waals surface area contributed by atoms with Crippen molar-refractivity contribution in [2.45, 2.75) is 31.0 Å². The van der Waals surface area contributed by atoms with Crippen LogP contribution >= 0.6 is 15.9 Å². The van der Waals surface area contributed by atoms with Crippen molar-refractivity contribution in [3.8, 4) is 0 Å². The van der Waals surface area contributed by atoms with Gasteiger partial charge in [-0.05, 0) is 45.9 Å². The Kier molecular flexibility index (Phi) is 6.06. The van der Waals surface area contributed by atoms with Gasteiger partial charge in [-0.3, -0.25) is 0 Å². The zero-order valence-electron chi connectivity index (χ0n) is 9.51. The zero-order valence-corrected chi connectivity index (χ0v) is 11.1. The molecule has 1 aliphatic rings. The quantitative estimate of drug-likeness (QED) is 0.678. The van der Waals surface area contributed by atoms with E-state index in [1.165, 1.54) is 52.0 Å². The molecule has 3 heteroatoms. The summed E-state index contributed by atoms with van der Waals surface area (Å²) >= 11 is 3.58. The number of likely N-dealkylation sites (tertiary alicyclic amines) is 1. The highest BCUT2D eigenvalue weighted by molar-refractivity contribution is 9.09. The summed E-state index contributed by atoms with van der Waals surface area (Å²) in [6.45, 7) is 8.55. The minimum Gasteiger partial charge on any atom is -0.305 e. The average Bonchev–Trinajstić information content (AvgIpc) is 2.63. The molecule has 0 N–H and O–H groups in total. The zero-order chi connectivity index (χ0) is 10.4. The van der Waals surface area contributed by atoms with E-state index in [-0.39, 0.29) is 0 Å². The first kappa shape index (κ1) is 12.5. The number of rotatable bonds is 6. The second kappa shape index (κ2) is 6.81. The van der Waals surface area contributed by atoms with Crippen molar-refractivity contribution in [2.24, 2.45) is 0 Å². The number of nitrogens with zero attached hydrogens (tertiary/aromatic N) is 2. The molecule has 0 aromatic carbocycles. The third-order valence-electron chi connectivity index (χ3n) is 2.91. The summed E-state index contributed by atoms with van der Waals surface area (Å²) in [4.78, 5) is 5.67. The third kappa shape index (κ3) is 5.32. The van der Waals surface area contributed by atoms with Crippen molar-refractivity contribution in [3.05, 3.63) is 0 Å². The number of hydrogen-bond donors (Lipinski definition) is 0. The summed E-state index contributed by atoms with van der Waals surface area (Å²) in [5.41, 5.74) is 0. The molecule has 1 saturated heterocycles. The maximum absolute atomic E-state index is 3.58. The maximum Gasteiger partial charge on any atom is 0.0129 e. The van der Waals surface area contributed by atoms with Crippen LogP contribution in [0.25, 0.3) is 0 Å². The molecule has 0 bridgehead atoms. The lowest BCUT2D eigenvalue weighted by atomic mass is 10.3. The Balaban J connectivity index is 1.99. The molecule has 0 amide bonds. The number of halogens is 1. The van der Waals surface area contributed by atoms with E-state index in [2.05, 4.69) is 39.7 Å². The molecule has 0 aromatic heterocycles. The van der Waals surface area contributed by atoms with Gasteiger partial charge in [0.1, 0.15) is 0 Å². The Morgan fingerprint density at radius 3 is 2.50 bits per heavy atom. The van der Waals surface area contributed by atoms with Crippen molar-refractivity contribution in [1.29, 1.82) is 0 Å². The van der Waals surface area contributed by atoms with Gasteiger partial charge in [-0.15, -0.1) is 0 Å². The molecule has 1 rings (SSSR count). The van der Waals surface area contributed by atoms with E-state index in [0.717, 1.165) is 0 Å². The molecule has 1 unspecified atom stereocenters. The highest BCUT2D eigenvalue weighted by Gasteiger charge is 2.11. The number of alkyl halides is 1. The minimum atomic E-state index is 0.650. The summed E-state index contributed by atoms with van der Waals surface area (Å²) in [6, 6.07) is 0. The second-order valence-corrected chi connectivity index (χ2v) is 5.98. The third-order valence-corrected chi connectivity index (χ3v) is 3.36. The van der Waals surface area contributed by atoms with E-state index in [1.807, 2.05) is 0 Å². The minimum absolute atomic E-state index is 0.650. The smallest absolute Gasteiger partial charge is 0.0129 e. The monoisotopic (exact) mass is 262 g/mol. The summed E-state index contributed by atoms with van der Waals surface area (Å²) in [7, 11) is 2.23. The molecule has 84 valence electrons. The van der Waals surface area contributed by atoms with Crippen LogP contribution in [0.1, 0.15) is 26.2 Å². The highest BCUT2D eigenvalue weighted by Crippen LogP contribution is 2.07. The van der Waals surface area contributed by atoms with Crippen molar-refractivity contribution in [1.82, 2.24) is 9.80 Å². The largest absolute Gasteiger partial charge is 0.305 e. The predicted molar refractivity (Wildman–Crippen MR) is 66.2 cm³/mol. The molecular weight excluding hydrogens is 240 g/mol. The van der Waals surface area contributed by atoms with Crippen molar-refractivity contribution in [3.63, 3.8) is 0 Å². The fourth-order valence-corrected chi connectivity index (χ4v) is 2.03. The van der Waals surface area contributed by atoms with Crippen LogP contribution < -0.4 is 0 Å². The molecule has 0 aliphatic carbocycles. The highest BCUT2D eigenvalue weighted by atomic mass is 79.9. The van der Waals surface area contributed by atoms with E-state index in [0.29, 0.717) is 4.83 Å². The molecular formula is C11H23BrN2. The van der Waals surface area contributed by atoms with Crippen molar-refractivity contribution >= 4 is 15.9 Å². The lowest BCUT2D eigenvalue weighted by molar-refractivity contribution is 0.256. The van der Waals surface area contributed by atoms with Crippen LogP contribution in [-0.2, 0) is 0 Å². The molecule has 0 radical (unpaired) electrons.